The van der Waals surface area contributed by atoms with E-state index in [0.29, 0.717) is 9.92 Å². The summed E-state index contributed by atoms with van der Waals surface area (Å²) in [6, 6.07) is 13.3. The zero-order valence-electron chi connectivity index (χ0n) is 14.0. The Bertz CT molecular complexity index is 954. The molecule has 2 aromatic rings. The first-order chi connectivity index (χ1) is 12.8. The van der Waals surface area contributed by atoms with Crippen LogP contribution < -0.4 is 4.90 Å². The second kappa shape index (κ2) is 6.86. The highest BCUT2D eigenvalue weighted by molar-refractivity contribution is 6.54. The van der Waals surface area contributed by atoms with Gasteiger partial charge in [0.05, 0.1) is 7.11 Å². The second-order valence-corrected chi connectivity index (χ2v) is 6.14. The molecule has 0 aliphatic carbocycles. The maximum Gasteiger partial charge on any atom is 0.365 e. The maximum absolute atomic E-state index is 12.6. The van der Waals surface area contributed by atoms with Crippen molar-refractivity contribution in [2.24, 2.45) is 0 Å². The summed E-state index contributed by atoms with van der Waals surface area (Å²) in [7, 11) is 0.994. The van der Waals surface area contributed by atoms with Crippen molar-refractivity contribution in [3.63, 3.8) is 0 Å². The molecule has 0 bridgehead atoms. The topological polar surface area (TPSA) is 104 Å². The first-order valence-corrected chi connectivity index (χ1v) is 8.14. The molecular formula is C19H14ClNO6. The summed E-state index contributed by atoms with van der Waals surface area (Å²) in [5.41, 5.74) is -3.44. The molecule has 1 atom stereocenters. The molecule has 1 aliphatic heterocycles. The number of amides is 1. The van der Waals surface area contributed by atoms with E-state index in [2.05, 4.69) is 4.74 Å². The molecule has 0 radical (unpaired) electrons. The van der Waals surface area contributed by atoms with E-state index in [4.69, 9.17) is 11.6 Å². The average Bonchev–Trinajstić information content (AvgIpc) is 2.88. The molecule has 1 saturated heterocycles. The Kier molecular flexibility index (Phi) is 4.73. The highest BCUT2D eigenvalue weighted by Crippen LogP contribution is 2.39. The van der Waals surface area contributed by atoms with Gasteiger partial charge in [-0.25, -0.2) is 4.79 Å². The van der Waals surface area contributed by atoms with E-state index in [1.807, 2.05) is 0 Å². The van der Waals surface area contributed by atoms with E-state index in [-0.39, 0.29) is 11.3 Å². The molecule has 0 saturated carbocycles. The molecule has 7 nitrogen and oxygen atoms in total. The maximum atomic E-state index is 12.6. The molecule has 138 valence electrons. The summed E-state index contributed by atoms with van der Waals surface area (Å²) >= 11 is 5.81. The van der Waals surface area contributed by atoms with Crippen LogP contribution in [0.1, 0.15) is 5.56 Å². The van der Waals surface area contributed by atoms with Crippen LogP contribution >= 0.6 is 11.6 Å². The summed E-state index contributed by atoms with van der Waals surface area (Å²) in [5.74, 6) is -4.42. The number of aliphatic hydroxyl groups is 2. The fourth-order valence-electron chi connectivity index (χ4n) is 2.87. The summed E-state index contributed by atoms with van der Waals surface area (Å²) in [5, 5.41) is 22.1. The molecule has 1 amide bonds. The van der Waals surface area contributed by atoms with Crippen molar-refractivity contribution in [1.29, 1.82) is 0 Å². The summed E-state index contributed by atoms with van der Waals surface area (Å²) in [6.07, 6.45) is 0. The van der Waals surface area contributed by atoms with E-state index in [9.17, 15) is 24.6 Å². The minimum Gasteiger partial charge on any atom is -0.507 e. The number of hydrogen-bond acceptors (Lipinski definition) is 6. The van der Waals surface area contributed by atoms with Gasteiger partial charge >= 0.3 is 11.9 Å². The lowest BCUT2D eigenvalue weighted by Crippen LogP contribution is -2.54. The summed E-state index contributed by atoms with van der Waals surface area (Å²) in [6.45, 7) is 0. The van der Waals surface area contributed by atoms with Crippen molar-refractivity contribution in [3.8, 4) is 0 Å². The molecule has 0 aromatic heterocycles. The number of anilines is 1. The molecule has 1 aliphatic rings. The normalized spacial score (nSPS) is 21.4. The van der Waals surface area contributed by atoms with Crippen molar-refractivity contribution in [1.82, 2.24) is 0 Å². The van der Waals surface area contributed by atoms with Crippen LogP contribution in [0, 0.1) is 0 Å². The molecule has 2 aromatic carbocycles. The number of ketones is 1. The fraction of sp³-hybridized carbons (Fsp3) is 0.105. The first kappa shape index (κ1) is 18.6. The number of para-hydroxylation sites is 1. The van der Waals surface area contributed by atoms with Gasteiger partial charge in [-0.2, -0.15) is 0 Å². The van der Waals surface area contributed by atoms with Crippen molar-refractivity contribution in [2.75, 3.05) is 12.0 Å². The van der Waals surface area contributed by atoms with E-state index in [0.717, 1.165) is 7.11 Å². The van der Waals surface area contributed by atoms with Crippen LogP contribution in [0.5, 0.6) is 0 Å². The van der Waals surface area contributed by atoms with Crippen LogP contribution in [0.4, 0.5) is 5.69 Å². The van der Waals surface area contributed by atoms with Gasteiger partial charge in [-0.05, 0) is 36.4 Å². The highest BCUT2D eigenvalue weighted by Gasteiger charge is 2.62. The number of carbonyl (C=O) groups is 3. The number of benzene rings is 2. The number of hydrogen-bond donors (Lipinski definition) is 2. The van der Waals surface area contributed by atoms with Crippen LogP contribution in [-0.2, 0) is 19.1 Å². The van der Waals surface area contributed by atoms with Gasteiger partial charge in [0.2, 0.25) is 0 Å². The molecule has 27 heavy (non-hydrogen) atoms. The minimum atomic E-state index is -2.83. The van der Waals surface area contributed by atoms with E-state index in [1.165, 1.54) is 36.4 Å². The Morgan fingerprint density at radius 2 is 1.67 bits per heavy atom. The van der Waals surface area contributed by atoms with Gasteiger partial charge in [0, 0.05) is 16.3 Å². The molecule has 8 heteroatoms. The van der Waals surface area contributed by atoms with Gasteiger partial charge in [0.25, 0.3) is 11.5 Å². The third kappa shape index (κ3) is 2.87. The van der Waals surface area contributed by atoms with Crippen molar-refractivity contribution >= 4 is 40.7 Å². The third-order valence-electron chi connectivity index (χ3n) is 4.14. The molecular weight excluding hydrogens is 374 g/mol. The van der Waals surface area contributed by atoms with Crippen molar-refractivity contribution in [2.45, 2.75) is 5.72 Å². The number of Topliss-reactive ketones (excluding diaryl/α,β-unsaturated/α-hetero) is 1. The predicted octanol–water partition coefficient (Wildman–Crippen LogP) is 2.09. The SMILES string of the molecule is COC(=O)C1(O)/C(=C(\O)c2ccc(Cl)cc2)C(=O)C(=O)N1c1ccccc1. The van der Waals surface area contributed by atoms with Crippen molar-refractivity contribution in [3.05, 3.63) is 70.8 Å². The number of methoxy groups -OCH3 is 1. The number of carbonyl (C=O) groups excluding carboxylic acids is 3. The number of nitrogens with zero attached hydrogens (tertiary/aromatic N) is 1. The Morgan fingerprint density at radius 1 is 1.07 bits per heavy atom. The van der Waals surface area contributed by atoms with Crippen LogP contribution in [0.3, 0.4) is 0 Å². The second-order valence-electron chi connectivity index (χ2n) is 5.70. The van der Waals surface area contributed by atoms with Gasteiger partial charge in [-0.3, -0.25) is 14.5 Å². The fourth-order valence-corrected chi connectivity index (χ4v) is 2.99. The summed E-state index contributed by atoms with van der Waals surface area (Å²) in [4.78, 5) is 38.2. The van der Waals surface area contributed by atoms with Crippen molar-refractivity contribution < 1.29 is 29.3 Å². The first-order valence-electron chi connectivity index (χ1n) is 7.76. The largest absolute Gasteiger partial charge is 0.507 e. The number of ether oxygens (including phenoxy) is 1. The van der Waals surface area contributed by atoms with E-state index >= 15 is 0 Å². The average molecular weight is 388 g/mol. The summed E-state index contributed by atoms with van der Waals surface area (Å²) < 4.78 is 4.62. The van der Waals surface area contributed by atoms with E-state index in [1.54, 1.807) is 18.2 Å². The molecule has 1 heterocycles. The smallest absolute Gasteiger partial charge is 0.365 e. The van der Waals surface area contributed by atoms with Gasteiger partial charge in [-0.15, -0.1) is 0 Å². The number of rotatable bonds is 3. The Morgan fingerprint density at radius 3 is 2.22 bits per heavy atom. The zero-order valence-corrected chi connectivity index (χ0v) is 14.8. The minimum absolute atomic E-state index is 0.0858. The zero-order chi connectivity index (χ0) is 19.8. The molecule has 3 rings (SSSR count). The van der Waals surface area contributed by atoms with Gasteiger partial charge in [0.15, 0.2) is 0 Å². The number of halogens is 1. The lowest BCUT2D eigenvalue weighted by atomic mass is 9.97. The number of aliphatic hydroxyl groups excluding tert-OH is 1. The standard InChI is InChI=1S/C19H14ClNO6/c1-27-18(25)19(26)14(15(22)11-7-9-12(20)10-8-11)16(23)17(24)21(19)13-5-3-2-4-6-13/h2-10,22,26H,1H3/b15-14-. The molecule has 1 unspecified atom stereocenters. The predicted molar refractivity (Wildman–Crippen MR) is 96.9 cm³/mol. The van der Waals surface area contributed by atoms with Gasteiger partial charge < -0.3 is 14.9 Å². The Hall–Kier alpha value is -3.16. The van der Waals surface area contributed by atoms with Gasteiger partial charge in [0.1, 0.15) is 11.3 Å². The lowest BCUT2D eigenvalue weighted by Gasteiger charge is -2.30. The quantitative estimate of drug-likeness (QED) is 0.361. The van der Waals surface area contributed by atoms with Gasteiger partial charge in [-0.1, -0.05) is 29.8 Å². The monoisotopic (exact) mass is 387 g/mol. The van der Waals surface area contributed by atoms with Crippen LogP contribution in [0.25, 0.3) is 5.76 Å². The molecule has 1 fully saturated rings. The number of esters is 1. The molecule has 0 spiro atoms. The highest BCUT2D eigenvalue weighted by atomic mass is 35.5. The lowest BCUT2D eigenvalue weighted by molar-refractivity contribution is -0.158. The Labute approximate surface area is 159 Å². The van der Waals surface area contributed by atoms with E-state index < -0.39 is 34.7 Å². The van der Waals surface area contributed by atoms with Crippen LogP contribution in [0.2, 0.25) is 5.02 Å². The molecule has 2 N–H and O–H groups in total. The Balaban J connectivity index is 2.28. The van der Waals surface area contributed by atoms with Crippen LogP contribution in [0.15, 0.2) is 60.2 Å². The van der Waals surface area contributed by atoms with Crippen LogP contribution in [-0.4, -0.2) is 40.7 Å². The third-order valence-corrected chi connectivity index (χ3v) is 4.39.